The lowest BCUT2D eigenvalue weighted by atomic mass is 9.98. The highest BCUT2D eigenvalue weighted by atomic mass is 19.2. The number of hydrogen-bond acceptors (Lipinski definition) is 34. The molecule has 0 radical (unpaired) electrons. The summed E-state index contributed by atoms with van der Waals surface area (Å²) in [6.07, 6.45) is -0.148. The van der Waals surface area contributed by atoms with Crippen molar-refractivity contribution in [2.75, 3.05) is 132 Å². The Balaban J connectivity index is 0.812. The minimum atomic E-state index is -2.39. The van der Waals surface area contributed by atoms with E-state index in [0.717, 1.165) is 5.01 Å². The van der Waals surface area contributed by atoms with Crippen molar-refractivity contribution in [3.8, 4) is 23.0 Å². The first kappa shape index (κ1) is 112. The number of hydrogen-bond donors (Lipinski definition) is 20. The van der Waals surface area contributed by atoms with Crippen LogP contribution in [-0.2, 0) is 59.0 Å². The maximum atomic E-state index is 14.1. The number of nitrogens with one attached hydrogen (secondary N) is 8. The van der Waals surface area contributed by atoms with Crippen molar-refractivity contribution in [1.29, 1.82) is 0 Å². The van der Waals surface area contributed by atoms with E-state index in [0.29, 0.717) is 118 Å². The van der Waals surface area contributed by atoms with E-state index in [2.05, 4.69) is 57.6 Å². The minimum absolute atomic E-state index is 0.000586. The number of nitrogens with two attached hydrogens (primary N) is 3. The number of rotatable bonds is 63. The van der Waals surface area contributed by atoms with Gasteiger partial charge >= 0.3 is 5.97 Å². The molecule has 8 rings (SSSR count). The Morgan fingerprint density at radius 2 is 0.877 bits per heavy atom. The molecule has 4 aromatic carbocycles. The number of unbranched alkanes of at least 4 members (excludes halogenated alkanes) is 10. The van der Waals surface area contributed by atoms with Crippen LogP contribution >= 0.6 is 0 Å². The number of aliphatic hydroxyl groups is 9. The Labute approximate surface area is 793 Å². The second-order valence-electron chi connectivity index (χ2n) is 33.4. The highest BCUT2D eigenvalue weighted by Gasteiger charge is 2.43. The Kier molecular flexibility index (Phi) is 48.8. The van der Waals surface area contributed by atoms with Gasteiger partial charge in [0.1, 0.15) is 109 Å². The van der Waals surface area contributed by atoms with Crippen LogP contribution in [0, 0.1) is 29.1 Å². The number of aromatic nitrogens is 3. The van der Waals surface area contributed by atoms with Crippen molar-refractivity contribution >= 4 is 47.3 Å². The molecule has 0 bridgehead atoms. The van der Waals surface area contributed by atoms with Crippen molar-refractivity contribution in [3.63, 3.8) is 0 Å². The third-order valence-corrected chi connectivity index (χ3v) is 22.5. The molecule has 23 N–H and O–H groups in total. The van der Waals surface area contributed by atoms with Crippen LogP contribution in [0.2, 0.25) is 0 Å². The van der Waals surface area contributed by atoms with Gasteiger partial charge in [-0.1, -0.05) is 61.9 Å². The lowest BCUT2D eigenvalue weighted by molar-refractivity contribution is -0.176. The molecule has 766 valence electrons. The average Bonchev–Trinajstić information content (AvgIpc) is 0.867. The van der Waals surface area contributed by atoms with Crippen LogP contribution < -0.4 is 78.8 Å². The van der Waals surface area contributed by atoms with Crippen LogP contribution in [0.5, 0.6) is 23.0 Å². The predicted octanol–water partition coefficient (Wildman–Crippen LogP) is 0.153. The van der Waals surface area contributed by atoms with Gasteiger partial charge in [0.25, 0.3) is 17.7 Å². The largest absolute Gasteiger partial charge is 0.487 e. The molecule has 0 saturated carbocycles. The SMILES string of the molecule is N/C(=C\N[C@H]1CO[C@H](CO)[C@H](O)[C@@H]1O)COc1cccc(C(=O)NCCCCNC(=O)CCOCC(COCCC(=O)NCCCCNC(=O)c2cccc(OC/C(N)=C/N(N)[C@H]3CO[C@H](CO)[C@H](O)[C@@H]3O)c2)(COCCC(=O)NCCCCNC(=O)c2cccc(OCc3cn([C@H]4CO[C@H](CO)[C@H](O)[C@@H]4O)nn3)c2)NC(=O)CCCCCCCCCCC(=O)Oc2c(F)c(F)c(F)c(F)c2F)c1. The Morgan fingerprint density at radius 1 is 0.471 bits per heavy atom. The van der Waals surface area contributed by atoms with Gasteiger partial charge in [0.05, 0.1) is 109 Å². The van der Waals surface area contributed by atoms with E-state index in [1.54, 1.807) is 60.7 Å². The average molecular weight is 1960 g/mol. The number of nitrogens with zero attached hydrogens (tertiary/aromatic N) is 4. The second-order valence-corrected chi connectivity index (χ2v) is 33.4. The smallest absolute Gasteiger partial charge is 0.311 e. The van der Waals surface area contributed by atoms with Gasteiger partial charge in [0, 0.05) is 100 Å². The normalized spacial score (nSPS) is 20.4. The zero-order chi connectivity index (χ0) is 99.9. The maximum Gasteiger partial charge on any atom is 0.311 e. The third kappa shape index (κ3) is 37.6. The Morgan fingerprint density at radius 3 is 1.35 bits per heavy atom. The number of aliphatic hydroxyl groups excluding tert-OH is 9. The second kappa shape index (κ2) is 60.0. The maximum absolute atomic E-state index is 14.1. The molecule has 5 aromatic rings. The topological polar surface area (TPSA) is 619 Å². The number of benzene rings is 4. The van der Waals surface area contributed by atoms with Crippen LogP contribution in [0.1, 0.15) is 165 Å². The summed E-state index contributed by atoms with van der Waals surface area (Å²) in [6.45, 7) is -1.82. The molecule has 47 heteroatoms. The molecule has 1 unspecified atom stereocenters. The van der Waals surface area contributed by atoms with Gasteiger partial charge in [-0.2, -0.15) is 8.78 Å². The van der Waals surface area contributed by atoms with Crippen LogP contribution in [-0.4, -0.2) is 318 Å². The molecule has 7 amide bonds. The fourth-order valence-corrected chi connectivity index (χ4v) is 14.5. The van der Waals surface area contributed by atoms with E-state index in [-0.39, 0.29) is 198 Å². The number of esters is 1. The van der Waals surface area contributed by atoms with Gasteiger partial charge in [-0.3, -0.25) is 38.4 Å². The zero-order valence-corrected chi connectivity index (χ0v) is 76.7. The van der Waals surface area contributed by atoms with Crippen molar-refractivity contribution in [2.45, 2.75) is 207 Å². The molecule has 3 fully saturated rings. The molecule has 1 aromatic heterocycles. The quantitative estimate of drug-likeness (QED) is 0.00360. The van der Waals surface area contributed by atoms with Gasteiger partial charge < -0.3 is 152 Å². The number of amides is 7. The molecular formula is C91H130F5N15O27. The van der Waals surface area contributed by atoms with E-state index < -0.39 is 157 Å². The first-order valence-electron chi connectivity index (χ1n) is 45.9. The summed E-state index contributed by atoms with van der Waals surface area (Å²) in [6, 6.07) is 16.8. The van der Waals surface area contributed by atoms with Gasteiger partial charge in [0.2, 0.25) is 58.5 Å². The molecule has 4 heterocycles. The number of halogens is 5. The lowest BCUT2D eigenvalue weighted by Crippen LogP contribution is -2.60. The predicted molar refractivity (Wildman–Crippen MR) is 480 cm³/mol. The number of hydrazine groups is 1. The summed E-state index contributed by atoms with van der Waals surface area (Å²) in [7, 11) is 0. The van der Waals surface area contributed by atoms with Crippen LogP contribution in [0.15, 0.2) is 103 Å². The van der Waals surface area contributed by atoms with E-state index >= 15 is 0 Å². The molecule has 0 aliphatic carbocycles. The standard InChI is InChI=1S/C91H130F5N15O27/c92-76-77(93)79(95)87(80(96)78(76)94)138-75(119)25-8-6-4-2-1-3-5-7-24-74(118)107-91(53-129-35-26-71(115)100-29-9-12-32-103-88(126)56-18-15-21-62(38-56)132-47-59(97)41-106-65-50-135-68(44-112)84(123)81(65)120,54-130-36-27-72(116)101-30-10-13-33-104-89(127)57-19-16-22-63(39-57)133-48-60(98)42-110(99)66-51-136-69(45-113)85(124)82(66)121)55-131-37-28-73(117)102-31-11-14-34-105-90(128)58-20-17-23-64(40-58)134-49-61-43-111(109-108-61)67-52-137-70(46-114)86(125)83(67)122/h15-23,38-43,65-70,81-86,106,112-114,120-125H,1-14,24-37,44-55,97-99H2,(H,100,115)(H,101,116)(H,102,117)(H,103,126)(H,104,127)(H,105,128)(H,107,118)/b59-41-,60-42-/t65-,66-,67-,68+,69+,70+,81+,82+,83+,84-,85-,86-,91?/m0/s1. The summed E-state index contributed by atoms with van der Waals surface area (Å²) >= 11 is 0. The van der Waals surface area contributed by atoms with Crippen LogP contribution in [0.4, 0.5) is 22.0 Å². The Hall–Kier alpha value is -11.1. The van der Waals surface area contributed by atoms with Gasteiger partial charge in [0.15, 0.2) is 0 Å². The minimum Gasteiger partial charge on any atom is -0.487 e. The van der Waals surface area contributed by atoms with Gasteiger partial charge in [-0.05, 0) is 106 Å². The monoisotopic (exact) mass is 1960 g/mol. The molecule has 3 saturated heterocycles. The zero-order valence-electron chi connectivity index (χ0n) is 76.7. The lowest BCUT2D eigenvalue weighted by Gasteiger charge is -2.40. The van der Waals surface area contributed by atoms with E-state index in [9.17, 15) is 106 Å². The highest BCUT2D eigenvalue weighted by Crippen LogP contribution is 2.31. The van der Waals surface area contributed by atoms with Crippen LogP contribution in [0.25, 0.3) is 0 Å². The summed E-state index contributed by atoms with van der Waals surface area (Å²) in [5.41, 5.74) is 12.4. The molecule has 13 atom stereocenters. The molecule has 3 aliphatic rings. The Bertz CT molecular complexity index is 4680. The molecule has 42 nitrogen and oxygen atoms in total. The van der Waals surface area contributed by atoms with Gasteiger partial charge in [-0.25, -0.2) is 23.7 Å². The molecule has 3 aliphatic heterocycles. The van der Waals surface area contributed by atoms with E-state index in [4.69, 9.17) is 59.9 Å². The molecule has 0 spiro atoms. The fourth-order valence-electron chi connectivity index (χ4n) is 14.5. The summed E-state index contributed by atoms with van der Waals surface area (Å²) < 4.78 is 127. The first-order valence-corrected chi connectivity index (χ1v) is 45.9. The third-order valence-electron chi connectivity index (χ3n) is 22.5. The first-order chi connectivity index (χ1) is 66.4. The number of ether oxygens (including phenoxy) is 10. The summed E-state index contributed by atoms with van der Waals surface area (Å²) in [5, 5.41) is 123. The fraction of sp³-hybridized carbons (Fsp3) is 0.582. The highest BCUT2D eigenvalue weighted by molar-refractivity contribution is 5.95. The molecular weight excluding hydrogens is 1830 g/mol. The van der Waals surface area contributed by atoms with E-state index in [1.165, 1.54) is 35.4 Å². The number of carbonyl (C=O) groups is 8. The van der Waals surface area contributed by atoms with Crippen LogP contribution in [0.3, 0.4) is 0 Å². The summed E-state index contributed by atoms with van der Waals surface area (Å²) in [5.74, 6) is -9.99. The number of carbonyl (C=O) groups excluding carboxylic acids is 8. The van der Waals surface area contributed by atoms with E-state index in [1.807, 2.05) is 0 Å². The van der Waals surface area contributed by atoms with Gasteiger partial charge in [-0.15, -0.1) is 5.10 Å². The molecule has 138 heavy (non-hydrogen) atoms. The summed E-state index contributed by atoms with van der Waals surface area (Å²) in [4.78, 5) is 106. The van der Waals surface area contributed by atoms with Crippen molar-refractivity contribution in [2.24, 2.45) is 17.3 Å². The van der Waals surface area contributed by atoms with Crippen molar-refractivity contribution in [3.05, 3.63) is 154 Å². The van der Waals surface area contributed by atoms with Crippen molar-refractivity contribution < 1.29 is 154 Å². The van der Waals surface area contributed by atoms with Crippen molar-refractivity contribution in [1.82, 2.24) is 62.5 Å².